The highest BCUT2D eigenvalue weighted by molar-refractivity contribution is 5.79. The molecule has 0 amide bonds. The second-order valence-electron chi connectivity index (χ2n) is 6.53. The second-order valence-corrected chi connectivity index (χ2v) is 6.53. The van der Waals surface area contributed by atoms with Crippen molar-refractivity contribution in [2.45, 2.75) is 32.2 Å². The number of imidazole rings is 1. The van der Waals surface area contributed by atoms with Crippen LogP contribution in [0.5, 0.6) is 0 Å². The van der Waals surface area contributed by atoms with Gasteiger partial charge in [0.2, 0.25) is 0 Å². The standard InChI is InChI=1S/C18H23N3O3/c1-2-24-18(22)9-17-19-15-7-12-3-5-21(14-10-23-11-14)6-4-13(12)8-16(15)20-17/h7-8,14H,2-6,9-11H2,1H3,(H,19,20). The summed E-state index contributed by atoms with van der Waals surface area (Å²) in [4.78, 5) is 22.0. The highest BCUT2D eigenvalue weighted by Crippen LogP contribution is 2.24. The summed E-state index contributed by atoms with van der Waals surface area (Å²) in [5.74, 6) is 0.438. The molecule has 0 saturated carbocycles. The van der Waals surface area contributed by atoms with Gasteiger partial charge in [0.15, 0.2) is 0 Å². The highest BCUT2D eigenvalue weighted by atomic mass is 16.5. The summed E-state index contributed by atoms with van der Waals surface area (Å²) < 4.78 is 10.3. The minimum absolute atomic E-state index is 0.197. The van der Waals surface area contributed by atoms with Crippen LogP contribution in [0.2, 0.25) is 0 Å². The smallest absolute Gasteiger partial charge is 0.313 e. The maximum atomic E-state index is 11.6. The van der Waals surface area contributed by atoms with Crippen molar-refractivity contribution in [3.8, 4) is 0 Å². The van der Waals surface area contributed by atoms with E-state index in [1.165, 1.54) is 11.1 Å². The fourth-order valence-electron chi connectivity index (χ4n) is 3.53. The van der Waals surface area contributed by atoms with Gasteiger partial charge in [-0.3, -0.25) is 9.69 Å². The number of aromatic nitrogens is 2. The third-order valence-corrected chi connectivity index (χ3v) is 4.94. The summed E-state index contributed by atoms with van der Waals surface area (Å²) >= 11 is 0. The van der Waals surface area contributed by atoms with E-state index >= 15 is 0 Å². The molecule has 2 aliphatic heterocycles. The number of esters is 1. The lowest BCUT2D eigenvalue weighted by molar-refractivity contribution is -0.142. The van der Waals surface area contributed by atoms with Crippen molar-refractivity contribution in [2.75, 3.05) is 32.9 Å². The number of rotatable bonds is 4. The fourth-order valence-corrected chi connectivity index (χ4v) is 3.53. The molecule has 128 valence electrons. The van der Waals surface area contributed by atoms with Crippen LogP contribution in [0.15, 0.2) is 12.1 Å². The van der Waals surface area contributed by atoms with Gasteiger partial charge in [0.05, 0.1) is 36.9 Å². The highest BCUT2D eigenvalue weighted by Gasteiger charge is 2.27. The molecular formula is C18H23N3O3. The number of nitrogens with zero attached hydrogens (tertiary/aromatic N) is 2. The molecule has 0 spiro atoms. The molecule has 0 bridgehead atoms. The van der Waals surface area contributed by atoms with Gasteiger partial charge in [-0.15, -0.1) is 0 Å². The Hall–Kier alpha value is -1.92. The summed E-state index contributed by atoms with van der Waals surface area (Å²) in [6.07, 6.45) is 2.29. The Morgan fingerprint density at radius 1 is 1.33 bits per heavy atom. The third-order valence-electron chi connectivity index (χ3n) is 4.94. The van der Waals surface area contributed by atoms with Crippen molar-refractivity contribution in [3.05, 3.63) is 29.1 Å². The predicted molar refractivity (Wildman–Crippen MR) is 90.0 cm³/mol. The Kier molecular flexibility index (Phi) is 4.24. The summed E-state index contributed by atoms with van der Waals surface area (Å²) in [5, 5.41) is 0. The van der Waals surface area contributed by atoms with Crippen LogP contribution in [0.1, 0.15) is 23.9 Å². The largest absolute Gasteiger partial charge is 0.466 e. The van der Waals surface area contributed by atoms with E-state index in [0.29, 0.717) is 18.5 Å². The average molecular weight is 329 g/mol. The lowest BCUT2D eigenvalue weighted by Gasteiger charge is -2.36. The van der Waals surface area contributed by atoms with Gasteiger partial charge < -0.3 is 14.5 Å². The van der Waals surface area contributed by atoms with Crippen molar-refractivity contribution >= 4 is 17.0 Å². The molecule has 0 unspecified atom stereocenters. The molecule has 0 radical (unpaired) electrons. The van der Waals surface area contributed by atoms with Gasteiger partial charge in [0.1, 0.15) is 12.2 Å². The summed E-state index contributed by atoms with van der Waals surface area (Å²) in [7, 11) is 0. The number of aromatic amines is 1. The van der Waals surface area contributed by atoms with E-state index in [2.05, 4.69) is 27.0 Å². The van der Waals surface area contributed by atoms with Crippen molar-refractivity contribution in [1.82, 2.24) is 14.9 Å². The van der Waals surface area contributed by atoms with Crippen LogP contribution in [-0.4, -0.2) is 59.8 Å². The molecule has 1 N–H and O–H groups in total. The maximum Gasteiger partial charge on any atom is 0.313 e. The van der Waals surface area contributed by atoms with E-state index in [-0.39, 0.29) is 12.4 Å². The minimum atomic E-state index is -0.239. The van der Waals surface area contributed by atoms with Crippen molar-refractivity contribution in [2.24, 2.45) is 0 Å². The molecule has 2 aliphatic rings. The Morgan fingerprint density at radius 3 is 2.75 bits per heavy atom. The van der Waals surface area contributed by atoms with Gasteiger partial charge >= 0.3 is 5.97 Å². The molecular weight excluding hydrogens is 306 g/mol. The number of nitrogens with one attached hydrogen (secondary N) is 1. The van der Waals surface area contributed by atoms with Crippen LogP contribution >= 0.6 is 0 Å². The molecule has 6 nitrogen and oxygen atoms in total. The van der Waals surface area contributed by atoms with Gasteiger partial charge in [-0.25, -0.2) is 4.98 Å². The van der Waals surface area contributed by atoms with E-state index in [9.17, 15) is 4.79 Å². The lowest BCUT2D eigenvalue weighted by Crippen LogP contribution is -2.49. The first-order valence-corrected chi connectivity index (χ1v) is 8.70. The van der Waals surface area contributed by atoms with E-state index in [1.807, 2.05) is 6.92 Å². The fraction of sp³-hybridized carbons (Fsp3) is 0.556. The monoisotopic (exact) mass is 329 g/mol. The summed E-state index contributed by atoms with van der Waals surface area (Å²) in [6, 6.07) is 4.97. The summed E-state index contributed by atoms with van der Waals surface area (Å²) in [6.45, 7) is 6.11. The molecule has 1 aromatic heterocycles. The van der Waals surface area contributed by atoms with Gasteiger partial charge in [-0.05, 0) is 43.0 Å². The number of H-pyrrole nitrogens is 1. The van der Waals surface area contributed by atoms with Crippen molar-refractivity contribution in [1.29, 1.82) is 0 Å². The van der Waals surface area contributed by atoms with Crippen LogP contribution in [0, 0.1) is 0 Å². The van der Waals surface area contributed by atoms with E-state index < -0.39 is 0 Å². The number of carbonyl (C=O) groups excluding carboxylic acids is 1. The first-order valence-electron chi connectivity index (χ1n) is 8.70. The van der Waals surface area contributed by atoms with E-state index in [1.54, 1.807) is 0 Å². The van der Waals surface area contributed by atoms with Crippen LogP contribution in [0.3, 0.4) is 0 Å². The van der Waals surface area contributed by atoms with Crippen molar-refractivity contribution < 1.29 is 14.3 Å². The molecule has 1 aromatic carbocycles. The Morgan fingerprint density at radius 2 is 2.08 bits per heavy atom. The van der Waals surface area contributed by atoms with Crippen LogP contribution in [-0.2, 0) is 33.5 Å². The first kappa shape index (κ1) is 15.6. The zero-order valence-electron chi connectivity index (χ0n) is 14.0. The van der Waals surface area contributed by atoms with Crippen LogP contribution in [0.4, 0.5) is 0 Å². The van der Waals surface area contributed by atoms with Crippen LogP contribution in [0.25, 0.3) is 11.0 Å². The Balaban J connectivity index is 1.53. The van der Waals surface area contributed by atoms with Gasteiger partial charge in [0, 0.05) is 13.1 Å². The van der Waals surface area contributed by atoms with E-state index in [0.717, 1.165) is 50.2 Å². The molecule has 24 heavy (non-hydrogen) atoms. The minimum Gasteiger partial charge on any atom is -0.466 e. The number of carbonyl (C=O) groups is 1. The molecule has 0 atom stereocenters. The normalized spacial score (nSPS) is 18.9. The first-order chi connectivity index (χ1) is 11.7. The number of hydrogen-bond donors (Lipinski definition) is 1. The number of fused-ring (bicyclic) bond motifs is 2. The van der Waals surface area contributed by atoms with Gasteiger partial charge in [0.25, 0.3) is 0 Å². The topological polar surface area (TPSA) is 67.5 Å². The zero-order chi connectivity index (χ0) is 16.5. The van der Waals surface area contributed by atoms with E-state index in [4.69, 9.17) is 9.47 Å². The Labute approximate surface area is 141 Å². The zero-order valence-corrected chi connectivity index (χ0v) is 14.0. The summed E-state index contributed by atoms with van der Waals surface area (Å²) in [5.41, 5.74) is 4.71. The lowest BCUT2D eigenvalue weighted by atomic mass is 10.0. The SMILES string of the molecule is CCOC(=O)Cc1nc2cc3c(cc2[nH]1)CCN(C1COC1)CC3. The predicted octanol–water partition coefficient (Wildman–Crippen LogP) is 1.47. The third kappa shape index (κ3) is 3.03. The quantitative estimate of drug-likeness (QED) is 0.861. The molecule has 2 aromatic rings. The molecule has 1 saturated heterocycles. The molecule has 1 fully saturated rings. The Bertz CT molecular complexity index is 706. The number of benzene rings is 1. The maximum absolute atomic E-state index is 11.6. The number of ether oxygens (including phenoxy) is 2. The molecule has 0 aliphatic carbocycles. The molecule has 6 heteroatoms. The van der Waals surface area contributed by atoms with Crippen LogP contribution < -0.4 is 0 Å². The average Bonchev–Trinajstić information content (AvgIpc) is 2.77. The number of hydrogen-bond acceptors (Lipinski definition) is 5. The van der Waals surface area contributed by atoms with Gasteiger partial charge in [-0.2, -0.15) is 0 Å². The van der Waals surface area contributed by atoms with Gasteiger partial charge in [-0.1, -0.05) is 0 Å². The molecule has 4 rings (SSSR count). The molecule has 3 heterocycles. The second kappa shape index (κ2) is 6.53. The van der Waals surface area contributed by atoms with Crippen molar-refractivity contribution in [3.63, 3.8) is 0 Å².